The molecule has 0 aliphatic carbocycles. The average Bonchev–Trinajstić information content (AvgIpc) is 2.38. The summed E-state index contributed by atoms with van der Waals surface area (Å²) in [6.45, 7) is 2.25. The van der Waals surface area contributed by atoms with E-state index >= 15 is 0 Å². The van der Waals surface area contributed by atoms with E-state index in [0.717, 1.165) is 6.42 Å². The number of hydrogen-bond donors (Lipinski definition) is 1. The summed E-state index contributed by atoms with van der Waals surface area (Å²) >= 11 is 0. The molecule has 56 valence electrons. The molecular formula is C7H12N2O. The van der Waals surface area contributed by atoms with Gasteiger partial charge in [0.15, 0.2) is 0 Å². The smallest absolute Gasteiger partial charge is 0.0512 e. The molecule has 1 N–H and O–H groups in total. The Morgan fingerprint density at radius 1 is 1.70 bits per heavy atom. The highest BCUT2D eigenvalue weighted by molar-refractivity contribution is 4.80. The molecule has 0 radical (unpaired) electrons. The van der Waals surface area contributed by atoms with Gasteiger partial charge in [0.1, 0.15) is 0 Å². The SMILES string of the molecule is C[C@@H](CCO)n1cccn1. The van der Waals surface area contributed by atoms with Crippen LogP contribution in [-0.2, 0) is 0 Å². The second-order valence-corrected chi connectivity index (χ2v) is 2.35. The highest BCUT2D eigenvalue weighted by Gasteiger charge is 2.01. The molecular weight excluding hydrogens is 128 g/mol. The van der Waals surface area contributed by atoms with Gasteiger partial charge in [-0.25, -0.2) is 0 Å². The fourth-order valence-electron chi connectivity index (χ4n) is 0.860. The molecule has 0 unspecified atom stereocenters. The number of nitrogens with zero attached hydrogens (tertiary/aromatic N) is 2. The van der Waals surface area contributed by atoms with Gasteiger partial charge in [-0.2, -0.15) is 5.10 Å². The third-order valence-corrected chi connectivity index (χ3v) is 1.52. The summed E-state index contributed by atoms with van der Waals surface area (Å²) in [6.07, 6.45) is 4.41. The standard InChI is InChI=1S/C7H12N2O/c1-7(3-6-10)9-5-2-4-8-9/h2,4-5,7,10H,3,6H2,1H3/t7-/m0/s1. The van der Waals surface area contributed by atoms with Gasteiger partial charge >= 0.3 is 0 Å². The lowest BCUT2D eigenvalue weighted by atomic mass is 10.2. The van der Waals surface area contributed by atoms with Gasteiger partial charge in [-0.1, -0.05) is 0 Å². The minimum absolute atomic E-state index is 0.223. The Labute approximate surface area is 60.3 Å². The highest BCUT2D eigenvalue weighted by atomic mass is 16.3. The van der Waals surface area contributed by atoms with Crippen molar-refractivity contribution < 1.29 is 5.11 Å². The second kappa shape index (κ2) is 3.37. The lowest BCUT2D eigenvalue weighted by Gasteiger charge is -2.08. The molecule has 0 fully saturated rings. The van der Waals surface area contributed by atoms with Crippen LogP contribution in [0.5, 0.6) is 0 Å². The third-order valence-electron chi connectivity index (χ3n) is 1.52. The lowest BCUT2D eigenvalue weighted by Crippen LogP contribution is -2.06. The summed E-state index contributed by atoms with van der Waals surface area (Å²) in [5.41, 5.74) is 0. The summed E-state index contributed by atoms with van der Waals surface area (Å²) in [7, 11) is 0. The van der Waals surface area contributed by atoms with Crippen LogP contribution in [-0.4, -0.2) is 21.5 Å². The predicted molar refractivity (Wildman–Crippen MR) is 38.6 cm³/mol. The van der Waals surface area contributed by atoms with Crippen LogP contribution in [0.1, 0.15) is 19.4 Å². The first-order valence-electron chi connectivity index (χ1n) is 3.44. The van der Waals surface area contributed by atoms with E-state index in [9.17, 15) is 0 Å². The van der Waals surface area contributed by atoms with Crippen LogP contribution >= 0.6 is 0 Å². The first kappa shape index (κ1) is 7.28. The quantitative estimate of drug-likeness (QED) is 0.675. The van der Waals surface area contributed by atoms with E-state index < -0.39 is 0 Å². The molecule has 0 aromatic carbocycles. The van der Waals surface area contributed by atoms with Crippen molar-refractivity contribution in [3.63, 3.8) is 0 Å². The Kier molecular flexibility index (Phi) is 2.45. The van der Waals surface area contributed by atoms with Crippen LogP contribution in [0.4, 0.5) is 0 Å². The average molecular weight is 140 g/mol. The number of rotatable bonds is 3. The third kappa shape index (κ3) is 1.57. The molecule has 0 aliphatic rings. The molecule has 1 atom stereocenters. The van der Waals surface area contributed by atoms with Crippen molar-refractivity contribution in [2.24, 2.45) is 0 Å². The summed E-state index contributed by atoms with van der Waals surface area (Å²) < 4.78 is 1.84. The number of aromatic nitrogens is 2. The molecule has 10 heavy (non-hydrogen) atoms. The fourth-order valence-corrected chi connectivity index (χ4v) is 0.860. The Hall–Kier alpha value is -0.830. The van der Waals surface area contributed by atoms with Gasteiger partial charge in [0.25, 0.3) is 0 Å². The van der Waals surface area contributed by atoms with Crippen molar-refractivity contribution >= 4 is 0 Å². The van der Waals surface area contributed by atoms with Gasteiger partial charge < -0.3 is 5.11 Å². The fraction of sp³-hybridized carbons (Fsp3) is 0.571. The number of hydrogen-bond acceptors (Lipinski definition) is 2. The number of aliphatic hydroxyl groups excluding tert-OH is 1. The van der Waals surface area contributed by atoms with Crippen LogP contribution in [0.25, 0.3) is 0 Å². The maximum atomic E-state index is 8.59. The van der Waals surface area contributed by atoms with Crippen molar-refractivity contribution in [2.75, 3.05) is 6.61 Å². The summed E-state index contributed by atoms with van der Waals surface area (Å²) in [5.74, 6) is 0. The van der Waals surface area contributed by atoms with Gasteiger partial charge in [-0.05, 0) is 19.4 Å². The monoisotopic (exact) mass is 140 g/mol. The van der Waals surface area contributed by atoms with Crippen LogP contribution < -0.4 is 0 Å². The molecule has 1 aromatic heterocycles. The molecule has 0 saturated carbocycles. The van der Waals surface area contributed by atoms with Gasteiger partial charge in [-0.15, -0.1) is 0 Å². The van der Waals surface area contributed by atoms with E-state index in [1.807, 2.05) is 23.9 Å². The van der Waals surface area contributed by atoms with Crippen molar-refractivity contribution in [1.82, 2.24) is 9.78 Å². The largest absolute Gasteiger partial charge is 0.396 e. The molecule has 0 saturated heterocycles. The summed E-state index contributed by atoms with van der Waals surface area (Å²) in [6, 6.07) is 2.19. The van der Waals surface area contributed by atoms with Crippen LogP contribution in [0, 0.1) is 0 Å². The zero-order chi connectivity index (χ0) is 7.40. The molecule has 1 heterocycles. The van der Waals surface area contributed by atoms with E-state index in [0.29, 0.717) is 6.04 Å². The molecule has 0 bridgehead atoms. The lowest BCUT2D eigenvalue weighted by molar-refractivity contribution is 0.257. The molecule has 3 heteroatoms. The van der Waals surface area contributed by atoms with Gasteiger partial charge in [0, 0.05) is 19.0 Å². The predicted octanol–water partition coefficient (Wildman–Crippen LogP) is 0.827. The van der Waals surface area contributed by atoms with Crippen molar-refractivity contribution in [3.8, 4) is 0 Å². The van der Waals surface area contributed by atoms with Gasteiger partial charge in [-0.3, -0.25) is 4.68 Å². The molecule has 1 rings (SSSR count). The first-order valence-corrected chi connectivity index (χ1v) is 3.44. The van der Waals surface area contributed by atoms with Crippen molar-refractivity contribution in [2.45, 2.75) is 19.4 Å². The Bertz CT molecular complexity index is 172. The van der Waals surface area contributed by atoms with E-state index in [4.69, 9.17) is 5.11 Å². The Balaban J connectivity index is 2.50. The zero-order valence-electron chi connectivity index (χ0n) is 6.07. The van der Waals surface area contributed by atoms with Crippen LogP contribution in [0.3, 0.4) is 0 Å². The normalized spacial score (nSPS) is 13.4. The molecule has 0 aliphatic heterocycles. The van der Waals surface area contributed by atoms with Crippen LogP contribution in [0.2, 0.25) is 0 Å². The molecule has 0 amide bonds. The van der Waals surface area contributed by atoms with E-state index in [1.165, 1.54) is 0 Å². The molecule has 3 nitrogen and oxygen atoms in total. The zero-order valence-corrected chi connectivity index (χ0v) is 6.07. The van der Waals surface area contributed by atoms with Crippen molar-refractivity contribution in [3.05, 3.63) is 18.5 Å². The second-order valence-electron chi connectivity index (χ2n) is 2.35. The minimum Gasteiger partial charge on any atom is -0.396 e. The minimum atomic E-state index is 0.223. The molecule has 1 aromatic rings. The van der Waals surface area contributed by atoms with E-state index in [2.05, 4.69) is 5.10 Å². The maximum Gasteiger partial charge on any atom is 0.0512 e. The Morgan fingerprint density at radius 2 is 2.50 bits per heavy atom. The van der Waals surface area contributed by atoms with E-state index in [-0.39, 0.29) is 6.61 Å². The first-order chi connectivity index (χ1) is 4.84. The highest BCUT2D eigenvalue weighted by Crippen LogP contribution is 2.06. The van der Waals surface area contributed by atoms with Crippen molar-refractivity contribution in [1.29, 1.82) is 0 Å². The molecule has 0 spiro atoms. The number of aliphatic hydroxyl groups is 1. The maximum absolute atomic E-state index is 8.59. The topological polar surface area (TPSA) is 38.0 Å². The van der Waals surface area contributed by atoms with Gasteiger partial charge in [0.2, 0.25) is 0 Å². The van der Waals surface area contributed by atoms with Crippen LogP contribution in [0.15, 0.2) is 18.5 Å². The summed E-state index contributed by atoms with van der Waals surface area (Å²) in [4.78, 5) is 0. The Morgan fingerprint density at radius 3 is 3.00 bits per heavy atom. The van der Waals surface area contributed by atoms with E-state index in [1.54, 1.807) is 6.20 Å². The summed E-state index contributed by atoms with van der Waals surface area (Å²) in [5, 5.41) is 12.6. The van der Waals surface area contributed by atoms with Gasteiger partial charge in [0.05, 0.1) is 6.04 Å².